The second kappa shape index (κ2) is 4.03. The molecule has 5 heteroatoms. The van der Waals surface area contributed by atoms with Crippen LogP contribution in [0.25, 0.3) is 11.1 Å². The standard InChI is InChI=1S/C13H9NO4/c15-13(16)10-3-9(5-14-6-10)8-1-2-11-12(4-8)18-7-17-11/h1-6H,7H2,(H,15,16). The summed E-state index contributed by atoms with van der Waals surface area (Å²) in [5.74, 6) is 0.361. The van der Waals surface area contributed by atoms with E-state index >= 15 is 0 Å². The predicted octanol–water partition coefficient (Wildman–Crippen LogP) is 2.18. The Hall–Kier alpha value is -2.56. The van der Waals surface area contributed by atoms with E-state index in [2.05, 4.69) is 4.98 Å². The number of nitrogens with zero attached hydrogens (tertiary/aromatic N) is 1. The molecule has 2 aromatic rings. The first kappa shape index (κ1) is 10.6. The van der Waals surface area contributed by atoms with Gasteiger partial charge in [0.15, 0.2) is 11.5 Å². The number of carbonyl (C=O) groups is 1. The van der Waals surface area contributed by atoms with E-state index in [4.69, 9.17) is 14.6 Å². The number of rotatable bonds is 2. The molecule has 1 aromatic carbocycles. The number of hydrogen-bond donors (Lipinski definition) is 1. The third kappa shape index (κ3) is 1.75. The number of hydrogen-bond acceptors (Lipinski definition) is 4. The zero-order valence-electron chi connectivity index (χ0n) is 9.29. The van der Waals surface area contributed by atoms with E-state index in [1.54, 1.807) is 18.3 Å². The van der Waals surface area contributed by atoms with Crippen molar-refractivity contribution in [1.82, 2.24) is 4.98 Å². The molecule has 1 aliphatic rings. The van der Waals surface area contributed by atoms with Gasteiger partial charge < -0.3 is 14.6 Å². The smallest absolute Gasteiger partial charge is 0.337 e. The number of fused-ring (bicyclic) bond motifs is 1. The van der Waals surface area contributed by atoms with Gasteiger partial charge in [-0.15, -0.1) is 0 Å². The van der Waals surface area contributed by atoms with Crippen LogP contribution in [0.15, 0.2) is 36.7 Å². The maximum absolute atomic E-state index is 10.9. The van der Waals surface area contributed by atoms with E-state index in [1.807, 2.05) is 12.1 Å². The zero-order valence-corrected chi connectivity index (χ0v) is 9.29. The SMILES string of the molecule is O=C(O)c1cncc(-c2ccc3c(c2)OCO3)c1. The van der Waals surface area contributed by atoms with E-state index in [-0.39, 0.29) is 12.4 Å². The summed E-state index contributed by atoms with van der Waals surface area (Å²) in [5, 5.41) is 8.93. The van der Waals surface area contributed by atoms with Crippen molar-refractivity contribution in [1.29, 1.82) is 0 Å². The molecule has 0 radical (unpaired) electrons. The van der Waals surface area contributed by atoms with Crippen LogP contribution in [-0.2, 0) is 0 Å². The van der Waals surface area contributed by atoms with Gasteiger partial charge in [0.1, 0.15) is 0 Å². The summed E-state index contributed by atoms with van der Waals surface area (Å²) >= 11 is 0. The number of carboxylic acids is 1. The highest BCUT2D eigenvalue weighted by Crippen LogP contribution is 2.35. The number of carboxylic acid groups (broad SMARTS) is 1. The Labute approximate surface area is 103 Å². The number of benzene rings is 1. The minimum Gasteiger partial charge on any atom is -0.478 e. The highest BCUT2D eigenvalue weighted by Gasteiger charge is 2.14. The fourth-order valence-corrected chi connectivity index (χ4v) is 1.79. The maximum Gasteiger partial charge on any atom is 0.337 e. The van der Waals surface area contributed by atoms with E-state index in [0.29, 0.717) is 11.5 Å². The zero-order chi connectivity index (χ0) is 12.5. The molecule has 1 aliphatic heterocycles. The normalized spacial score (nSPS) is 12.4. The summed E-state index contributed by atoms with van der Waals surface area (Å²) in [6.45, 7) is 0.214. The molecule has 0 atom stereocenters. The van der Waals surface area contributed by atoms with Gasteiger partial charge in [0.2, 0.25) is 6.79 Å². The molecule has 1 N–H and O–H groups in total. The monoisotopic (exact) mass is 243 g/mol. The highest BCUT2D eigenvalue weighted by molar-refractivity contribution is 5.88. The molecule has 0 fully saturated rings. The number of ether oxygens (including phenoxy) is 2. The van der Waals surface area contributed by atoms with Crippen LogP contribution < -0.4 is 9.47 Å². The van der Waals surface area contributed by atoms with Gasteiger partial charge in [0.25, 0.3) is 0 Å². The summed E-state index contributed by atoms with van der Waals surface area (Å²) in [5.41, 5.74) is 1.73. The molecule has 0 aliphatic carbocycles. The van der Waals surface area contributed by atoms with Crippen LogP contribution in [0, 0.1) is 0 Å². The van der Waals surface area contributed by atoms with Crippen LogP contribution in [0.2, 0.25) is 0 Å². The average molecular weight is 243 g/mol. The Morgan fingerprint density at radius 1 is 1.11 bits per heavy atom. The van der Waals surface area contributed by atoms with Crippen molar-refractivity contribution >= 4 is 5.97 Å². The number of aromatic carboxylic acids is 1. The lowest BCUT2D eigenvalue weighted by atomic mass is 10.1. The third-order valence-corrected chi connectivity index (χ3v) is 2.69. The molecule has 18 heavy (non-hydrogen) atoms. The molecule has 0 amide bonds. The van der Waals surface area contributed by atoms with Crippen molar-refractivity contribution in [3.05, 3.63) is 42.2 Å². The van der Waals surface area contributed by atoms with E-state index in [0.717, 1.165) is 11.1 Å². The maximum atomic E-state index is 10.9. The predicted molar refractivity (Wildman–Crippen MR) is 62.8 cm³/mol. The summed E-state index contributed by atoms with van der Waals surface area (Å²) in [4.78, 5) is 14.8. The Bertz CT molecular complexity index is 624. The molecular weight excluding hydrogens is 234 g/mol. The van der Waals surface area contributed by atoms with E-state index in [1.165, 1.54) is 6.20 Å². The molecule has 5 nitrogen and oxygen atoms in total. The second-order valence-corrected chi connectivity index (χ2v) is 3.84. The van der Waals surface area contributed by atoms with Crippen LogP contribution in [0.5, 0.6) is 11.5 Å². The highest BCUT2D eigenvalue weighted by atomic mass is 16.7. The number of aromatic nitrogens is 1. The molecule has 0 bridgehead atoms. The van der Waals surface area contributed by atoms with Gasteiger partial charge in [-0.2, -0.15) is 0 Å². The summed E-state index contributed by atoms with van der Waals surface area (Å²) in [6.07, 6.45) is 2.93. The largest absolute Gasteiger partial charge is 0.478 e. The molecular formula is C13H9NO4. The third-order valence-electron chi connectivity index (χ3n) is 2.69. The van der Waals surface area contributed by atoms with Crippen LogP contribution >= 0.6 is 0 Å². The van der Waals surface area contributed by atoms with Crippen molar-refractivity contribution in [2.75, 3.05) is 6.79 Å². The van der Waals surface area contributed by atoms with E-state index in [9.17, 15) is 4.79 Å². The topological polar surface area (TPSA) is 68.7 Å². The van der Waals surface area contributed by atoms with E-state index < -0.39 is 5.97 Å². The molecule has 2 heterocycles. The summed E-state index contributed by atoms with van der Waals surface area (Å²) in [7, 11) is 0. The molecule has 3 rings (SSSR count). The van der Waals surface area contributed by atoms with Gasteiger partial charge in [-0.1, -0.05) is 6.07 Å². The van der Waals surface area contributed by atoms with Crippen LogP contribution in [0.4, 0.5) is 0 Å². The fraction of sp³-hybridized carbons (Fsp3) is 0.0769. The van der Waals surface area contributed by atoms with Crippen molar-refractivity contribution in [2.45, 2.75) is 0 Å². The Morgan fingerprint density at radius 2 is 1.94 bits per heavy atom. The van der Waals surface area contributed by atoms with Gasteiger partial charge in [0, 0.05) is 18.0 Å². The second-order valence-electron chi connectivity index (χ2n) is 3.84. The van der Waals surface area contributed by atoms with Gasteiger partial charge >= 0.3 is 5.97 Å². The van der Waals surface area contributed by atoms with Gasteiger partial charge in [0.05, 0.1) is 5.56 Å². The Morgan fingerprint density at radius 3 is 2.78 bits per heavy atom. The lowest BCUT2D eigenvalue weighted by Crippen LogP contribution is -1.97. The summed E-state index contributed by atoms with van der Waals surface area (Å²) < 4.78 is 10.5. The Balaban J connectivity index is 2.04. The average Bonchev–Trinajstić information content (AvgIpc) is 2.86. The molecule has 0 saturated carbocycles. The lowest BCUT2D eigenvalue weighted by molar-refractivity contribution is 0.0696. The molecule has 0 spiro atoms. The summed E-state index contributed by atoms with van der Waals surface area (Å²) in [6, 6.07) is 7.03. The van der Waals surface area contributed by atoms with Crippen LogP contribution in [-0.4, -0.2) is 22.9 Å². The minimum absolute atomic E-state index is 0.158. The van der Waals surface area contributed by atoms with Crippen molar-refractivity contribution in [3.63, 3.8) is 0 Å². The van der Waals surface area contributed by atoms with Crippen molar-refractivity contribution in [2.24, 2.45) is 0 Å². The molecule has 0 saturated heterocycles. The molecule has 90 valence electrons. The first-order chi connectivity index (χ1) is 8.74. The van der Waals surface area contributed by atoms with Crippen LogP contribution in [0.3, 0.4) is 0 Å². The molecule has 1 aromatic heterocycles. The van der Waals surface area contributed by atoms with Crippen molar-refractivity contribution < 1.29 is 19.4 Å². The number of pyridine rings is 1. The van der Waals surface area contributed by atoms with Gasteiger partial charge in [-0.3, -0.25) is 4.98 Å². The fourth-order valence-electron chi connectivity index (χ4n) is 1.79. The van der Waals surface area contributed by atoms with Crippen molar-refractivity contribution in [3.8, 4) is 22.6 Å². The first-order valence-electron chi connectivity index (χ1n) is 5.32. The first-order valence-corrected chi connectivity index (χ1v) is 5.32. The van der Waals surface area contributed by atoms with Gasteiger partial charge in [-0.05, 0) is 23.8 Å². The lowest BCUT2D eigenvalue weighted by Gasteiger charge is -2.03. The Kier molecular flexibility index (Phi) is 2.37. The molecule has 0 unspecified atom stereocenters. The van der Waals surface area contributed by atoms with Gasteiger partial charge in [-0.25, -0.2) is 4.79 Å². The minimum atomic E-state index is -0.995. The van der Waals surface area contributed by atoms with Crippen LogP contribution in [0.1, 0.15) is 10.4 Å². The quantitative estimate of drug-likeness (QED) is 0.875.